The Bertz CT molecular complexity index is 67.5. The first-order chi connectivity index (χ1) is 4.50. The fourth-order valence-corrected chi connectivity index (χ4v) is 0.510. The second-order valence-electron chi connectivity index (χ2n) is 1.80. The predicted molar refractivity (Wildman–Crippen MR) is 29.6 cm³/mol. The highest BCUT2D eigenvalue weighted by Crippen LogP contribution is 2.06. The van der Waals surface area contributed by atoms with Gasteiger partial charge in [0, 0.05) is 13.0 Å². The fraction of sp³-hybridized carbons (Fsp3) is 1.00. The zero-order chi connectivity index (χ0) is 8.04. The van der Waals surface area contributed by atoms with Crippen LogP contribution in [0.5, 0.6) is 0 Å². The van der Waals surface area contributed by atoms with Crippen molar-refractivity contribution in [2.75, 3.05) is 13.1 Å². The molecule has 1 aliphatic rings. The highest BCUT2D eigenvalue weighted by Gasteiger charge is 2.20. The molecule has 0 saturated carbocycles. The maximum atomic E-state index is 9.75. The Hall–Kier alpha value is -0.295. The van der Waals surface area contributed by atoms with E-state index in [0.29, 0.717) is 0 Å². The van der Waals surface area contributed by atoms with E-state index in [4.69, 9.17) is 0 Å². The quantitative estimate of drug-likeness (QED) is 0.285. The van der Waals surface area contributed by atoms with Crippen molar-refractivity contribution >= 4 is 7.25 Å². The summed E-state index contributed by atoms with van der Waals surface area (Å²) in [6.07, 6.45) is 1.33. The smallest absolute Gasteiger partial charge is 0.418 e. The van der Waals surface area contributed by atoms with Crippen LogP contribution in [0.1, 0.15) is 6.42 Å². The summed E-state index contributed by atoms with van der Waals surface area (Å²) in [4.78, 5) is 0. The number of quaternary nitrogens is 1. The van der Waals surface area contributed by atoms with Crippen LogP contribution in [-0.4, -0.2) is 20.3 Å². The number of rotatable bonds is 0. The average molecular weight is 160 g/mol. The lowest BCUT2D eigenvalue weighted by Gasteiger charge is -1.94. The summed E-state index contributed by atoms with van der Waals surface area (Å²) in [6.45, 7) is 2.46. The second-order valence-corrected chi connectivity index (χ2v) is 1.80. The van der Waals surface area contributed by atoms with Gasteiger partial charge < -0.3 is 17.3 Å². The lowest BCUT2D eigenvalue weighted by molar-refractivity contribution is -0.691. The normalized spacial score (nSPS) is 18.0. The van der Waals surface area contributed by atoms with E-state index in [1.165, 1.54) is 19.5 Å². The number of nitrogens with one attached hydrogen (secondary N) is 1. The van der Waals surface area contributed by atoms with Gasteiger partial charge in [0.1, 0.15) is 0 Å². The molecule has 0 aromatic carbocycles. The first-order valence-electron chi connectivity index (χ1n) is 2.92. The summed E-state index contributed by atoms with van der Waals surface area (Å²) in [5.74, 6) is 0. The molecule has 1 saturated heterocycles. The molecule has 2 nitrogen and oxygen atoms in total. The molecular weight excluding hydrogens is 151 g/mol. The van der Waals surface area contributed by atoms with Crippen molar-refractivity contribution in [2.24, 2.45) is 0 Å². The highest BCUT2D eigenvalue weighted by molar-refractivity contribution is 6.50. The van der Waals surface area contributed by atoms with Gasteiger partial charge in [-0.25, -0.2) is 0 Å². The summed E-state index contributed by atoms with van der Waals surface area (Å²) < 4.78 is 39.0. The van der Waals surface area contributed by atoms with Crippen LogP contribution in [-0.2, 0) is 0 Å². The van der Waals surface area contributed by atoms with E-state index in [1.807, 2.05) is 0 Å². The van der Waals surface area contributed by atoms with E-state index in [2.05, 4.69) is 10.9 Å². The minimum absolute atomic E-state index is 1.19. The molecule has 0 atom stereocenters. The third kappa shape index (κ3) is 15.6. The zero-order valence-corrected chi connectivity index (χ0v) is 5.29. The molecule has 3 N–H and O–H groups in total. The van der Waals surface area contributed by atoms with Gasteiger partial charge in [-0.15, -0.1) is 0 Å². The first-order valence-corrected chi connectivity index (χ1v) is 2.92. The SMILES string of the molecule is C1CN[NH2+]C1.F[B-](F)(F)F. The topological polar surface area (TPSA) is 28.6 Å². The molecule has 0 spiro atoms. The fourth-order valence-electron chi connectivity index (χ4n) is 0.510. The Morgan fingerprint density at radius 2 is 1.70 bits per heavy atom. The van der Waals surface area contributed by atoms with Crippen LogP contribution in [0.15, 0.2) is 0 Å². The molecule has 1 rings (SSSR count). The van der Waals surface area contributed by atoms with E-state index in [-0.39, 0.29) is 0 Å². The summed E-state index contributed by atoms with van der Waals surface area (Å²) in [7, 11) is -6.00. The van der Waals surface area contributed by atoms with Gasteiger partial charge in [0.15, 0.2) is 0 Å². The molecule has 0 amide bonds. The maximum Gasteiger partial charge on any atom is 0.673 e. The predicted octanol–water partition coefficient (Wildman–Crippen LogP) is -0.242. The van der Waals surface area contributed by atoms with Crippen molar-refractivity contribution in [1.82, 2.24) is 5.43 Å². The third-order valence-electron chi connectivity index (χ3n) is 0.814. The minimum Gasteiger partial charge on any atom is -0.418 e. The lowest BCUT2D eigenvalue weighted by atomic mass is 10.3. The van der Waals surface area contributed by atoms with E-state index < -0.39 is 7.25 Å². The molecule has 10 heavy (non-hydrogen) atoms. The average Bonchev–Trinajstić information content (AvgIpc) is 2.07. The molecule has 1 fully saturated rings. The van der Waals surface area contributed by atoms with Gasteiger partial charge in [-0.3, -0.25) is 5.43 Å². The van der Waals surface area contributed by atoms with Gasteiger partial charge in [-0.2, -0.15) is 5.43 Å². The van der Waals surface area contributed by atoms with E-state index >= 15 is 0 Å². The Balaban J connectivity index is 0.000000162. The lowest BCUT2D eigenvalue weighted by Crippen LogP contribution is -2.89. The van der Waals surface area contributed by atoms with Crippen LogP contribution in [0.4, 0.5) is 17.3 Å². The van der Waals surface area contributed by atoms with Crippen molar-refractivity contribution in [2.45, 2.75) is 6.42 Å². The van der Waals surface area contributed by atoms with Gasteiger partial charge in [-0.1, -0.05) is 0 Å². The number of halogens is 4. The van der Waals surface area contributed by atoms with Crippen molar-refractivity contribution in [3.63, 3.8) is 0 Å². The Morgan fingerprint density at radius 3 is 1.80 bits per heavy atom. The van der Waals surface area contributed by atoms with Gasteiger partial charge in [0.05, 0.1) is 6.54 Å². The summed E-state index contributed by atoms with van der Waals surface area (Å²) in [5.41, 5.74) is 5.21. The molecule has 0 radical (unpaired) electrons. The molecule has 0 bridgehead atoms. The molecule has 0 aliphatic carbocycles. The van der Waals surface area contributed by atoms with Crippen LogP contribution in [0, 0.1) is 0 Å². The van der Waals surface area contributed by atoms with Crippen LogP contribution >= 0.6 is 0 Å². The first kappa shape index (κ1) is 9.70. The maximum absolute atomic E-state index is 9.75. The molecule has 0 aromatic rings. The molecular formula is C3H9BF4N2. The van der Waals surface area contributed by atoms with Gasteiger partial charge >= 0.3 is 7.25 Å². The molecule has 0 unspecified atom stereocenters. The Kier molecular flexibility index (Phi) is 4.38. The standard InChI is InChI=1S/C3H8N2.BF4/c1-2-4-5-3-1;2-1(3,4)5/h4-5H,1-3H2;/q;-1/p+1. The van der Waals surface area contributed by atoms with Gasteiger partial charge in [-0.05, 0) is 0 Å². The second kappa shape index (κ2) is 4.51. The van der Waals surface area contributed by atoms with E-state index in [9.17, 15) is 17.3 Å². The van der Waals surface area contributed by atoms with Crippen molar-refractivity contribution < 1.29 is 22.7 Å². The van der Waals surface area contributed by atoms with E-state index in [1.54, 1.807) is 0 Å². The Morgan fingerprint density at radius 1 is 1.20 bits per heavy atom. The Labute approximate surface area is 56.1 Å². The summed E-state index contributed by atoms with van der Waals surface area (Å²) in [6, 6.07) is 0. The van der Waals surface area contributed by atoms with Crippen LogP contribution in [0.25, 0.3) is 0 Å². The van der Waals surface area contributed by atoms with Crippen LogP contribution in [0.2, 0.25) is 0 Å². The van der Waals surface area contributed by atoms with Crippen molar-refractivity contribution in [3.05, 3.63) is 0 Å². The van der Waals surface area contributed by atoms with Gasteiger partial charge in [0.2, 0.25) is 0 Å². The van der Waals surface area contributed by atoms with Crippen LogP contribution in [0.3, 0.4) is 0 Å². The molecule has 1 aliphatic heterocycles. The summed E-state index contributed by atoms with van der Waals surface area (Å²) in [5, 5.41) is 0. The van der Waals surface area contributed by atoms with Crippen molar-refractivity contribution in [3.8, 4) is 0 Å². The molecule has 1 heterocycles. The van der Waals surface area contributed by atoms with Crippen molar-refractivity contribution in [1.29, 1.82) is 0 Å². The van der Waals surface area contributed by atoms with E-state index in [0.717, 1.165) is 0 Å². The third-order valence-corrected chi connectivity index (χ3v) is 0.814. The largest absolute Gasteiger partial charge is 0.673 e. The minimum atomic E-state index is -6.00. The number of hydrogen-bond acceptors (Lipinski definition) is 1. The monoisotopic (exact) mass is 160 g/mol. The molecule has 0 aromatic heterocycles. The zero-order valence-electron chi connectivity index (χ0n) is 5.29. The molecule has 62 valence electrons. The van der Waals surface area contributed by atoms with Gasteiger partial charge in [0.25, 0.3) is 0 Å². The van der Waals surface area contributed by atoms with Crippen LogP contribution < -0.4 is 10.9 Å². The molecule has 7 heteroatoms. The number of nitrogens with two attached hydrogens (primary N) is 1. The highest BCUT2D eigenvalue weighted by atomic mass is 19.5. The summed E-state index contributed by atoms with van der Waals surface area (Å²) >= 11 is 0. The number of hydrogen-bond donors (Lipinski definition) is 2.